The fourth-order valence-electron chi connectivity index (χ4n) is 10.9. The Labute approximate surface area is 387 Å². The predicted octanol–water partition coefficient (Wildman–Crippen LogP) is 9.80. The Balaban J connectivity index is 0.00000468. The van der Waals surface area contributed by atoms with Gasteiger partial charge in [0.15, 0.2) is 0 Å². The summed E-state index contributed by atoms with van der Waals surface area (Å²) in [6.45, 7) is 0. The predicted molar refractivity (Wildman–Crippen MR) is 266 cm³/mol. The minimum absolute atomic E-state index is 0. The number of nitrogens with zero attached hydrogens (tertiary/aromatic N) is 6. The average Bonchev–Trinajstić information content (AvgIpc) is 4.16. The van der Waals surface area contributed by atoms with Gasteiger partial charge in [-0.2, -0.15) is 0 Å². The van der Waals surface area contributed by atoms with Crippen molar-refractivity contribution in [2.45, 2.75) is 57.8 Å². The number of hydrogen-bond acceptors (Lipinski definition) is 6. The number of rotatable bonds is 6. The zero-order valence-electron chi connectivity index (χ0n) is 36.7. The Hall–Kier alpha value is -7.98. The van der Waals surface area contributed by atoms with Gasteiger partial charge in [-0.25, -0.2) is 15.0 Å². The summed E-state index contributed by atoms with van der Waals surface area (Å²) in [6, 6.07) is 44.3. The fraction of sp³-hybridized carbons (Fsp3) is 0.158. The zero-order valence-corrected chi connectivity index (χ0v) is 36.7. The molecule has 3 aliphatic rings. The lowest BCUT2D eigenvalue weighted by Crippen LogP contribution is -2.19. The lowest BCUT2D eigenvalue weighted by atomic mass is 9.86. The van der Waals surface area contributed by atoms with Crippen molar-refractivity contribution in [3.63, 3.8) is 0 Å². The molecule has 13 rings (SSSR count). The normalized spacial score (nSPS) is 13.8. The lowest BCUT2D eigenvalue weighted by molar-refractivity contribution is 0.899. The number of hydrogen-bond donors (Lipinski definition) is 0. The molecular weight excluding hydrogens is 827 g/mol. The molecular formula is C57H42BN6O3. The van der Waals surface area contributed by atoms with Gasteiger partial charge in [0.2, 0.25) is 0 Å². The Morgan fingerprint density at radius 2 is 0.597 bits per heavy atom. The van der Waals surface area contributed by atoms with Crippen LogP contribution in [-0.4, -0.2) is 36.6 Å². The van der Waals surface area contributed by atoms with Gasteiger partial charge in [-0.1, -0.05) is 72.8 Å². The summed E-state index contributed by atoms with van der Waals surface area (Å²) >= 11 is 0. The van der Waals surface area contributed by atoms with Crippen LogP contribution in [0.5, 0.6) is 0 Å². The first-order valence-electron chi connectivity index (χ1n) is 23.0. The van der Waals surface area contributed by atoms with Crippen molar-refractivity contribution in [3.05, 3.63) is 211 Å². The molecule has 0 saturated carbocycles. The first-order chi connectivity index (χ1) is 32.4. The maximum Gasteiger partial charge on any atom is 0.261 e. The van der Waals surface area contributed by atoms with Gasteiger partial charge < -0.3 is 0 Å². The first kappa shape index (κ1) is 40.5. The summed E-state index contributed by atoms with van der Waals surface area (Å²) in [4.78, 5) is 55.4. The summed E-state index contributed by atoms with van der Waals surface area (Å²) in [5.41, 5.74) is 19.4. The third kappa shape index (κ3) is 6.61. The minimum atomic E-state index is 0. The Bertz CT molecular complexity index is 3490. The van der Waals surface area contributed by atoms with Gasteiger partial charge in [-0.05, 0) is 179 Å². The summed E-state index contributed by atoms with van der Waals surface area (Å²) in [5.74, 6) is 0. The van der Waals surface area contributed by atoms with Crippen LogP contribution in [0.2, 0.25) is 0 Å². The van der Waals surface area contributed by atoms with Crippen molar-refractivity contribution in [2.24, 2.45) is 0 Å². The van der Waals surface area contributed by atoms with Crippen molar-refractivity contribution >= 4 is 25.4 Å². The second-order valence-corrected chi connectivity index (χ2v) is 18.0. The Morgan fingerprint density at radius 1 is 0.328 bits per heavy atom. The molecule has 0 aliphatic heterocycles. The molecule has 10 aromatic rings. The van der Waals surface area contributed by atoms with E-state index in [2.05, 4.69) is 91.0 Å². The Kier molecular flexibility index (Phi) is 9.60. The molecule has 6 aromatic heterocycles. The van der Waals surface area contributed by atoms with Gasteiger partial charge in [-0.15, -0.1) is 0 Å². The van der Waals surface area contributed by atoms with E-state index in [1.54, 1.807) is 13.2 Å². The molecule has 0 fully saturated rings. The van der Waals surface area contributed by atoms with Gasteiger partial charge in [0.25, 0.3) is 16.7 Å². The third-order valence-corrected chi connectivity index (χ3v) is 14.1. The molecule has 9 nitrogen and oxygen atoms in total. The minimum Gasteiger partial charge on any atom is -0.269 e. The van der Waals surface area contributed by atoms with E-state index in [4.69, 9.17) is 15.0 Å². The van der Waals surface area contributed by atoms with E-state index < -0.39 is 0 Å². The van der Waals surface area contributed by atoms with Gasteiger partial charge in [0.05, 0.1) is 17.1 Å². The molecule has 10 heteroatoms. The van der Waals surface area contributed by atoms with Crippen LogP contribution in [0.4, 0.5) is 0 Å². The lowest BCUT2D eigenvalue weighted by Gasteiger charge is -2.18. The number of pyridine rings is 3. The van der Waals surface area contributed by atoms with Crippen molar-refractivity contribution in [3.8, 4) is 66.8 Å². The highest BCUT2D eigenvalue weighted by atomic mass is 16.1. The number of fused-ring (bicyclic) bond motifs is 6. The molecule has 321 valence electrons. The molecule has 0 N–H and O–H groups in total. The van der Waals surface area contributed by atoms with Crippen molar-refractivity contribution < 1.29 is 0 Å². The average molecular weight is 870 g/mol. The van der Waals surface area contributed by atoms with Crippen molar-refractivity contribution in [2.75, 3.05) is 0 Å². The van der Waals surface area contributed by atoms with Gasteiger partial charge in [0, 0.05) is 43.7 Å². The fourth-order valence-corrected chi connectivity index (χ4v) is 10.9. The van der Waals surface area contributed by atoms with Crippen LogP contribution in [0.3, 0.4) is 0 Å². The molecule has 0 atom stereocenters. The van der Waals surface area contributed by atoms with Crippen LogP contribution in [-0.2, 0) is 38.5 Å². The first-order valence-corrected chi connectivity index (χ1v) is 23.0. The van der Waals surface area contributed by atoms with Crippen LogP contribution < -0.4 is 16.7 Å². The molecule has 4 aromatic carbocycles. The third-order valence-electron chi connectivity index (χ3n) is 14.1. The van der Waals surface area contributed by atoms with E-state index in [9.17, 15) is 14.4 Å². The second kappa shape index (κ2) is 15.9. The van der Waals surface area contributed by atoms with E-state index in [-0.39, 0.29) is 25.1 Å². The summed E-state index contributed by atoms with van der Waals surface area (Å²) < 4.78 is 5.04. The largest absolute Gasteiger partial charge is 0.269 e. The van der Waals surface area contributed by atoms with Gasteiger partial charge in [0.1, 0.15) is 16.9 Å². The van der Waals surface area contributed by atoms with Crippen LogP contribution in [0, 0.1) is 0 Å². The molecule has 0 saturated heterocycles. The van der Waals surface area contributed by atoms with E-state index >= 15 is 0 Å². The number of benzene rings is 4. The molecule has 3 aliphatic carbocycles. The smallest absolute Gasteiger partial charge is 0.261 e. The molecule has 0 amide bonds. The molecule has 0 bridgehead atoms. The van der Waals surface area contributed by atoms with E-state index in [1.807, 2.05) is 55.0 Å². The summed E-state index contributed by atoms with van der Waals surface area (Å²) in [5, 5.41) is 0. The monoisotopic (exact) mass is 869 g/mol. The number of aromatic nitrogens is 6. The van der Waals surface area contributed by atoms with E-state index in [0.29, 0.717) is 16.9 Å². The quantitative estimate of drug-likeness (QED) is 0.154. The van der Waals surface area contributed by atoms with Gasteiger partial charge >= 0.3 is 0 Å². The maximum atomic E-state index is 13.5. The molecule has 67 heavy (non-hydrogen) atoms. The van der Waals surface area contributed by atoms with Crippen LogP contribution >= 0.6 is 0 Å². The van der Waals surface area contributed by atoms with E-state index in [0.717, 1.165) is 158 Å². The van der Waals surface area contributed by atoms with Crippen LogP contribution in [0.1, 0.15) is 53.0 Å². The van der Waals surface area contributed by atoms with Crippen molar-refractivity contribution in [1.29, 1.82) is 0 Å². The zero-order chi connectivity index (χ0) is 44.0. The summed E-state index contributed by atoms with van der Waals surface area (Å²) in [6.07, 6.45) is 13.3. The van der Waals surface area contributed by atoms with Gasteiger partial charge in [-0.3, -0.25) is 27.6 Å². The van der Waals surface area contributed by atoms with E-state index in [1.165, 1.54) is 0 Å². The molecule has 0 unspecified atom stereocenters. The molecule has 3 radical (unpaired) electrons. The van der Waals surface area contributed by atoms with Crippen LogP contribution in [0.25, 0.3) is 83.7 Å². The van der Waals surface area contributed by atoms with Crippen molar-refractivity contribution in [1.82, 2.24) is 28.2 Å². The van der Waals surface area contributed by atoms with Crippen LogP contribution in [0.15, 0.2) is 160 Å². The number of aryl methyl sites for hydroxylation is 3. The second-order valence-electron chi connectivity index (χ2n) is 18.0. The maximum absolute atomic E-state index is 13.5. The highest BCUT2D eigenvalue weighted by molar-refractivity contribution is 5.94. The Morgan fingerprint density at radius 3 is 0.881 bits per heavy atom. The summed E-state index contributed by atoms with van der Waals surface area (Å²) in [7, 11) is 0. The SMILES string of the molecule is O=c1c2c(nc3cc(-c4ccccc4-c4cc(-c5ccccc5-c5ccn6c(=O)c7c(nc6c5)CCC7)cc(-c5ccccc5-c5ccn6c(=O)c7c(nc6c5)CCC7)c4)ccn13)CCC2.[B]. The molecule has 6 heterocycles. The highest BCUT2D eigenvalue weighted by Gasteiger charge is 2.23. The molecule has 0 spiro atoms. The highest BCUT2D eigenvalue weighted by Crippen LogP contribution is 2.42. The standard InChI is InChI=1S/C57H42N6O3.B/c64-55-46-16-7-19-49(46)58-52-31-34(22-25-61(52)55)40-10-1-4-13-43(40)37-28-38(44-14-5-2-11-41(44)35-23-26-62-53(32-35)59-50-20-8-17-47(50)56(62)65)30-39(29-37)45-15-6-3-12-42(45)36-24-27-63-54(33-36)60-51-21-9-18-48(51)57(63)66;/h1-6,10-15,22-33H,7-9,16-21H2;. The topological polar surface area (TPSA) is 103 Å².